The Balaban J connectivity index is 2.18. The fourth-order valence-electron chi connectivity index (χ4n) is 3.39. The third-order valence-corrected chi connectivity index (χ3v) is 3.74. The van der Waals surface area contributed by atoms with Crippen LogP contribution in [0.1, 0.15) is 53.0 Å². The largest absolute Gasteiger partial charge is 0.307 e. The van der Waals surface area contributed by atoms with Crippen LogP contribution in [0.2, 0.25) is 0 Å². The predicted molar refractivity (Wildman–Crippen MR) is 83.0 cm³/mol. The molecule has 0 atom stereocenters. The summed E-state index contributed by atoms with van der Waals surface area (Å²) in [6.45, 7) is 11.2. The van der Waals surface area contributed by atoms with Crippen molar-refractivity contribution in [3.05, 3.63) is 35.9 Å². The minimum atomic E-state index is 0.160. The van der Waals surface area contributed by atoms with E-state index in [1.165, 1.54) is 5.56 Å². The molecular weight excluding hydrogens is 232 g/mol. The number of nitrogens with one attached hydrogen (secondary N) is 1. The molecule has 1 N–H and O–H groups in total. The van der Waals surface area contributed by atoms with Gasteiger partial charge in [0.05, 0.1) is 6.04 Å². The van der Waals surface area contributed by atoms with E-state index in [9.17, 15) is 0 Å². The number of piperidine rings is 1. The first-order valence-electron chi connectivity index (χ1n) is 7.17. The predicted octanol–water partition coefficient (Wildman–Crippen LogP) is 3.80. The van der Waals surface area contributed by atoms with Crippen molar-refractivity contribution in [1.82, 2.24) is 5.32 Å². The summed E-state index contributed by atoms with van der Waals surface area (Å²) in [5.41, 5.74) is 2.70. The minimum Gasteiger partial charge on any atom is -0.307 e. The van der Waals surface area contributed by atoms with Crippen molar-refractivity contribution in [2.75, 3.05) is 0 Å². The second-order valence-corrected chi connectivity index (χ2v) is 7.04. The van der Waals surface area contributed by atoms with E-state index in [1.807, 2.05) is 6.07 Å². The zero-order chi connectivity index (χ0) is 14.1. The molecule has 0 bridgehead atoms. The fraction of sp³-hybridized carbons (Fsp3) is 0.588. The lowest BCUT2D eigenvalue weighted by atomic mass is 9.80. The molecule has 0 saturated carbocycles. The zero-order valence-electron chi connectivity index (χ0n) is 12.8. The summed E-state index contributed by atoms with van der Waals surface area (Å²) in [6, 6.07) is 10.9. The maximum atomic E-state index is 4.97. The van der Waals surface area contributed by atoms with Gasteiger partial charge in [0, 0.05) is 16.8 Å². The molecule has 0 spiro atoms. The SMILES string of the molecule is CC(=NC1CC(C)(C)NC(C)(C)C1)c1ccccc1. The Morgan fingerprint density at radius 3 is 2.11 bits per heavy atom. The Morgan fingerprint density at radius 2 is 1.58 bits per heavy atom. The van der Waals surface area contributed by atoms with Crippen LogP contribution in [-0.2, 0) is 0 Å². The Hall–Kier alpha value is -1.15. The summed E-state index contributed by atoms with van der Waals surface area (Å²) in [5.74, 6) is 0. The molecule has 0 aromatic heterocycles. The highest BCUT2D eigenvalue weighted by Crippen LogP contribution is 2.30. The minimum absolute atomic E-state index is 0.160. The number of benzene rings is 1. The third kappa shape index (κ3) is 3.90. The van der Waals surface area contributed by atoms with Gasteiger partial charge in [-0.15, -0.1) is 0 Å². The van der Waals surface area contributed by atoms with Crippen molar-refractivity contribution in [1.29, 1.82) is 0 Å². The molecule has 1 heterocycles. The van der Waals surface area contributed by atoms with Gasteiger partial charge in [0.1, 0.15) is 0 Å². The van der Waals surface area contributed by atoms with Crippen LogP contribution in [-0.4, -0.2) is 22.8 Å². The van der Waals surface area contributed by atoms with Gasteiger partial charge in [0.2, 0.25) is 0 Å². The van der Waals surface area contributed by atoms with Crippen LogP contribution in [0, 0.1) is 0 Å². The summed E-state index contributed by atoms with van der Waals surface area (Å²) in [7, 11) is 0. The Labute approximate surface area is 117 Å². The normalized spacial score (nSPS) is 23.3. The molecule has 2 heteroatoms. The molecule has 1 aromatic carbocycles. The molecule has 1 aromatic rings. The highest BCUT2D eigenvalue weighted by molar-refractivity contribution is 5.98. The van der Waals surface area contributed by atoms with Gasteiger partial charge >= 0.3 is 0 Å². The molecule has 0 amide bonds. The second kappa shape index (κ2) is 5.09. The van der Waals surface area contributed by atoms with Gasteiger partial charge in [-0.05, 0) is 53.0 Å². The molecule has 1 fully saturated rings. The van der Waals surface area contributed by atoms with Crippen LogP contribution in [0.25, 0.3) is 0 Å². The van der Waals surface area contributed by atoms with Crippen LogP contribution in [0.3, 0.4) is 0 Å². The third-order valence-electron chi connectivity index (χ3n) is 3.74. The number of aliphatic imine (C=N–C) groups is 1. The lowest BCUT2D eigenvalue weighted by Gasteiger charge is -2.45. The molecule has 0 radical (unpaired) electrons. The monoisotopic (exact) mass is 258 g/mol. The van der Waals surface area contributed by atoms with E-state index in [0.29, 0.717) is 6.04 Å². The molecule has 0 aliphatic carbocycles. The smallest absolute Gasteiger partial charge is 0.0537 e. The molecule has 1 aliphatic rings. The van der Waals surface area contributed by atoms with E-state index >= 15 is 0 Å². The Kier molecular flexibility index (Phi) is 3.82. The molecule has 0 unspecified atom stereocenters. The number of rotatable bonds is 2. The lowest BCUT2D eigenvalue weighted by molar-refractivity contribution is 0.164. The van der Waals surface area contributed by atoms with Gasteiger partial charge in [-0.3, -0.25) is 4.99 Å². The van der Waals surface area contributed by atoms with E-state index < -0.39 is 0 Å². The van der Waals surface area contributed by atoms with E-state index in [2.05, 4.69) is 64.2 Å². The topological polar surface area (TPSA) is 24.4 Å². The van der Waals surface area contributed by atoms with Crippen molar-refractivity contribution >= 4 is 5.71 Å². The average Bonchev–Trinajstić information content (AvgIpc) is 2.25. The Bertz CT molecular complexity index is 441. The number of nitrogens with zero attached hydrogens (tertiary/aromatic N) is 1. The maximum Gasteiger partial charge on any atom is 0.0537 e. The molecular formula is C17H26N2. The van der Waals surface area contributed by atoms with Crippen molar-refractivity contribution in [2.45, 2.75) is 64.6 Å². The molecule has 19 heavy (non-hydrogen) atoms. The molecule has 104 valence electrons. The van der Waals surface area contributed by atoms with E-state index in [1.54, 1.807) is 0 Å². The van der Waals surface area contributed by atoms with Gasteiger partial charge in [-0.1, -0.05) is 30.3 Å². The van der Waals surface area contributed by atoms with Crippen LogP contribution in [0.4, 0.5) is 0 Å². The first-order chi connectivity index (χ1) is 8.77. The Morgan fingerprint density at radius 1 is 1.05 bits per heavy atom. The van der Waals surface area contributed by atoms with Gasteiger partial charge in [-0.2, -0.15) is 0 Å². The zero-order valence-corrected chi connectivity index (χ0v) is 12.8. The molecule has 1 saturated heterocycles. The fourth-order valence-corrected chi connectivity index (χ4v) is 3.39. The average molecular weight is 258 g/mol. The first-order valence-corrected chi connectivity index (χ1v) is 7.17. The summed E-state index contributed by atoms with van der Waals surface area (Å²) in [5, 5.41) is 3.71. The summed E-state index contributed by atoms with van der Waals surface area (Å²) < 4.78 is 0. The summed E-state index contributed by atoms with van der Waals surface area (Å²) in [6.07, 6.45) is 2.20. The van der Waals surface area contributed by atoms with Gasteiger partial charge in [0.15, 0.2) is 0 Å². The maximum absolute atomic E-state index is 4.97. The standard InChI is InChI=1S/C17H26N2/c1-13(14-9-7-6-8-10-14)18-15-11-16(2,3)19-17(4,5)12-15/h6-10,15,19H,11-12H2,1-5H3. The summed E-state index contributed by atoms with van der Waals surface area (Å²) in [4.78, 5) is 4.97. The first kappa shape index (κ1) is 14.3. The van der Waals surface area contributed by atoms with Crippen molar-refractivity contribution in [2.24, 2.45) is 4.99 Å². The van der Waals surface area contributed by atoms with Crippen LogP contribution in [0.15, 0.2) is 35.3 Å². The quantitative estimate of drug-likeness (QED) is 0.802. The van der Waals surface area contributed by atoms with Crippen LogP contribution < -0.4 is 5.32 Å². The van der Waals surface area contributed by atoms with Crippen molar-refractivity contribution in [3.63, 3.8) is 0 Å². The summed E-state index contributed by atoms with van der Waals surface area (Å²) >= 11 is 0. The van der Waals surface area contributed by atoms with Crippen LogP contribution in [0.5, 0.6) is 0 Å². The molecule has 1 aliphatic heterocycles. The van der Waals surface area contributed by atoms with E-state index in [-0.39, 0.29) is 11.1 Å². The van der Waals surface area contributed by atoms with Crippen LogP contribution >= 0.6 is 0 Å². The van der Waals surface area contributed by atoms with E-state index in [0.717, 1.165) is 18.6 Å². The second-order valence-electron chi connectivity index (χ2n) is 7.04. The molecule has 2 rings (SSSR count). The van der Waals surface area contributed by atoms with Gasteiger partial charge in [-0.25, -0.2) is 0 Å². The number of hydrogen-bond donors (Lipinski definition) is 1. The van der Waals surface area contributed by atoms with Crippen molar-refractivity contribution < 1.29 is 0 Å². The van der Waals surface area contributed by atoms with Crippen molar-refractivity contribution in [3.8, 4) is 0 Å². The number of hydrogen-bond acceptors (Lipinski definition) is 2. The highest BCUT2D eigenvalue weighted by Gasteiger charge is 2.37. The molecule has 2 nitrogen and oxygen atoms in total. The highest BCUT2D eigenvalue weighted by atomic mass is 15.1. The van der Waals surface area contributed by atoms with E-state index in [4.69, 9.17) is 4.99 Å². The van der Waals surface area contributed by atoms with Gasteiger partial charge < -0.3 is 5.32 Å². The lowest BCUT2D eigenvalue weighted by Crippen LogP contribution is -2.58. The van der Waals surface area contributed by atoms with Gasteiger partial charge in [0.25, 0.3) is 0 Å².